The molecule has 0 saturated heterocycles. The van der Waals surface area contributed by atoms with Crippen molar-refractivity contribution in [3.8, 4) is 10.6 Å². The van der Waals surface area contributed by atoms with Gasteiger partial charge < -0.3 is 5.73 Å². The minimum Gasteiger partial charge on any atom is -0.398 e. The number of fused-ring (bicyclic) bond motifs is 2. The van der Waals surface area contributed by atoms with Crippen molar-refractivity contribution in [3.63, 3.8) is 0 Å². The Hall–Kier alpha value is -2.20. The highest BCUT2D eigenvalue weighted by Gasteiger charge is 2.14. The standard InChI is InChI=1S/C19H18N2OS/c20-15-11-19-17(9-13(15)8-12-4-2-1-3-5-12)21-16-7-6-14(22)10-18(16)23-19/h2,4,6-7,9-12H,1,3,5,8,20H2. The first-order valence-corrected chi connectivity index (χ1v) is 8.80. The van der Waals surface area contributed by atoms with E-state index in [0.717, 1.165) is 32.9 Å². The Morgan fingerprint density at radius 3 is 3.00 bits per heavy atom. The zero-order chi connectivity index (χ0) is 15.8. The predicted molar refractivity (Wildman–Crippen MR) is 97.1 cm³/mol. The van der Waals surface area contributed by atoms with E-state index in [0.29, 0.717) is 5.92 Å². The van der Waals surface area contributed by atoms with Gasteiger partial charge in [0, 0.05) is 11.8 Å². The molecular formula is C19H18N2OS. The Kier molecular flexibility index (Phi) is 3.62. The molecule has 0 bridgehead atoms. The third-order valence-corrected chi connectivity index (χ3v) is 5.54. The molecule has 116 valence electrons. The summed E-state index contributed by atoms with van der Waals surface area (Å²) < 4.78 is 1.03. The summed E-state index contributed by atoms with van der Waals surface area (Å²) in [5, 5.41) is 0. The molecule has 1 unspecified atom stereocenters. The van der Waals surface area contributed by atoms with Gasteiger partial charge in [0.1, 0.15) is 0 Å². The summed E-state index contributed by atoms with van der Waals surface area (Å²) >= 11 is 1.58. The van der Waals surface area contributed by atoms with Crippen molar-refractivity contribution in [1.82, 2.24) is 4.98 Å². The van der Waals surface area contributed by atoms with Crippen LogP contribution in [0.25, 0.3) is 20.8 Å². The van der Waals surface area contributed by atoms with Gasteiger partial charge in [0.15, 0.2) is 5.43 Å². The fourth-order valence-corrected chi connectivity index (χ4v) is 4.25. The van der Waals surface area contributed by atoms with Gasteiger partial charge >= 0.3 is 0 Å². The van der Waals surface area contributed by atoms with Crippen molar-refractivity contribution in [2.45, 2.75) is 25.7 Å². The molecule has 0 fully saturated rings. The molecule has 1 aliphatic heterocycles. The summed E-state index contributed by atoms with van der Waals surface area (Å²) in [5.41, 5.74) is 10.1. The number of anilines is 1. The minimum atomic E-state index is 0.0172. The SMILES string of the molecule is Nc1cc2sc3cc(=O)ccc-3nc2cc1CC1C=CCCC1. The number of rotatable bonds is 2. The third kappa shape index (κ3) is 2.86. The lowest BCUT2D eigenvalue weighted by Gasteiger charge is -2.18. The van der Waals surface area contributed by atoms with Crippen LogP contribution in [-0.2, 0) is 6.42 Å². The Bertz CT molecular complexity index is 928. The van der Waals surface area contributed by atoms with E-state index in [1.54, 1.807) is 29.5 Å². The maximum absolute atomic E-state index is 11.5. The average molecular weight is 322 g/mol. The average Bonchev–Trinajstić information content (AvgIpc) is 2.55. The van der Waals surface area contributed by atoms with Gasteiger partial charge in [0.25, 0.3) is 0 Å². The molecule has 1 heterocycles. The molecule has 3 aliphatic rings. The summed E-state index contributed by atoms with van der Waals surface area (Å²) in [6, 6.07) is 9.13. The zero-order valence-corrected chi connectivity index (χ0v) is 13.6. The van der Waals surface area contributed by atoms with Crippen molar-refractivity contribution in [3.05, 3.63) is 58.3 Å². The molecule has 0 spiro atoms. The van der Waals surface area contributed by atoms with E-state index in [2.05, 4.69) is 18.2 Å². The monoisotopic (exact) mass is 322 g/mol. The lowest BCUT2D eigenvalue weighted by Crippen LogP contribution is -2.07. The van der Waals surface area contributed by atoms with Gasteiger partial charge in [0.2, 0.25) is 0 Å². The quantitative estimate of drug-likeness (QED) is 0.436. The number of hydrogen-bond acceptors (Lipinski definition) is 4. The number of nitrogens with two attached hydrogens (primary N) is 1. The second-order valence-corrected chi connectivity index (χ2v) is 7.27. The van der Waals surface area contributed by atoms with E-state index >= 15 is 0 Å². The van der Waals surface area contributed by atoms with Crippen LogP contribution in [0.2, 0.25) is 0 Å². The van der Waals surface area contributed by atoms with Crippen LogP contribution < -0.4 is 11.2 Å². The topological polar surface area (TPSA) is 56.0 Å². The summed E-state index contributed by atoms with van der Waals surface area (Å²) in [7, 11) is 0. The number of allylic oxidation sites excluding steroid dienone is 2. The highest BCUT2D eigenvalue weighted by Crippen LogP contribution is 2.33. The summed E-state index contributed by atoms with van der Waals surface area (Å²) in [4.78, 5) is 17.1. The highest BCUT2D eigenvalue weighted by molar-refractivity contribution is 7.21. The van der Waals surface area contributed by atoms with Crippen LogP contribution in [0.5, 0.6) is 0 Å². The predicted octanol–water partition coefficient (Wildman–Crippen LogP) is 4.24. The number of aromatic nitrogens is 1. The van der Waals surface area contributed by atoms with Crippen LogP contribution in [-0.4, -0.2) is 4.98 Å². The summed E-state index contributed by atoms with van der Waals surface area (Å²) in [6.45, 7) is 0. The smallest absolute Gasteiger partial charge is 0.180 e. The molecule has 0 aromatic heterocycles. The first kappa shape index (κ1) is 14.4. The molecule has 1 aromatic rings. The molecule has 0 saturated carbocycles. The number of hydrogen-bond donors (Lipinski definition) is 1. The van der Waals surface area contributed by atoms with Gasteiger partial charge in [-0.3, -0.25) is 4.79 Å². The van der Waals surface area contributed by atoms with Gasteiger partial charge in [-0.05, 0) is 61.4 Å². The molecule has 1 atom stereocenters. The van der Waals surface area contributed by atoms with Crippen molar-refractivity contribution in [1.29, 1.82) is 0 Å². The van der Waals surface area contributed by atoms with Gasteiger partial charge in [-0.15, -0.1) is 11.3 Å². The van der Waals surface area contributed by atoms with E-state index < -0.39 is 0 Å². The number of benzene rings is 2. The fourth-order valence-electron chi connectivity index (χ4n) is 3.23. The van der Waals surface area contributed by atoms with Crippen LogP contribution >= 0.6 is 11.3 Å². The molecule has 0 amide bonds. The summed E-state index contributed by atoms with van der Waals surface area (Å²) in [5.74, 6) is 0.579. The first-order valence-electron chi connectivity index (χ1n) is 7.99. The fraction of sp³-hybridized carbons (Fsp3) is 0.263. The molecule has 2 aliphatic carbocycles. The maximum atomic E-state index is 11.5. The van der Waals surface area contributed by atoms with Crippen LogP contribution in [0, 0.1) is 5.92 Å². The van der Waals surface area contributed by atoms with E-state index in [9.17, 15) is 4.79 Å². The van der Waals surface area contributed by atoms with E-state index in [-0.39, 0.29) is 5.43 Å². The Balaban J connectivity index is 1.79. The third-order valence-electron chi connectivity index (χ3n) is 4.45. The van der Waals surface area contributed by atoms with Gasteiger partial charge in [-0.1, -0.05) is 12.2 Å². The van der Waals surface area contributed by atoms with Crippen LogP contribution in [0.3, 0.4) is 0 Å². The molecule has 3 nitrogen and oxygen atoms in total. The van der Waals surface area contributed by atoms with Crippen LogP contribution in [0.15, 0.2) is 47.3 Å². The minimum absolute atomic E-state index is 0.0172. The Morgan fingerprint density at radius 1 is 1.26 bits per heavy atom. The van der Waals surface area contributed by atoms with Crippen LogP contribution in [0.1, 0.15) is 24.8 Å². The highest BCUT2D eigenvalue weighted by atomic mass is 32.1. The molecule has 23 heavy (non-hydrogen) atoms. The van der Waals surface area contributed by atoms with Crippen molar-refractivity contribution < 1.29 is 0 Å². The van der Waals surface area contributed by atoms with E-state index in [1.807, 2.05) is 6.07 Å². The van der Waals surface area contributed by atoms with Crippen molar-refractivity contribution >= 4 is 27.2 Å². The molecular weight excluding hydrogens is 304 g/mol. The van der Waals surface area contributed by atoms with E-state index in [4.69, 9.17) is 10.7 Å². The Labute approximate surface area is 138 Å². The van der Waals surface area contributed by atoms with Crippen molar-refractivity contribution in [2.24, 2.45) is 5.92 Å². The second kappa shape index (κ2) is 5.78. The van der Waals surface area contributed by atoms with Gasteiger partial charge in [-0.25, -0.2) is 4.98 Å². The number of nitrogen functional groups attached to an aromatic ring is 1. The van der Waals surface area contributed by atoms with Crippen LogP contribution in [0.4, 0.5) is 5.69 Å². The lowest BCUT2D eigenvalue weighted by atomic mass is 9.89. The van der Waals surface area contributed by atoms with E-state index in [1.165, 1.54) is 24.8 Å². The first-order chi connectivity index (χ1) is 11.2. The molecule has 1 aromatic carbocycles. The molecule has 4 rings (SSSR count). The molecule has 4 heteroatoms. The second-order valence-electron chi connectivity index (χ2n) is 6.19. The van der Waals surface area contributed by atoms with Gasteiger partial charge in [-0.2, -0.15) is 0 Å². The zero-order valence-electron chi connectivity index (χ0n) is 12.8. The number of nitrogens with zero attached hydrogens (tertiary/aromatic N) is 1. The molecule has 2 N–H and O–H groups in total. The normalized spacial score (nSPS) is 17.8. The lowest BCUT2D eigenvalue weighted by molar-refractivity contribution is 0.539. The maximum Gasteiger partial charge on any atom is 0.180 e. The van der Waals surface area contributed by atoms with Crippen molar-refractivity contribution in [2.75, 3.05) is 5.73 Å². The molecule has 0 radical (unpaired) electrons. The largest absolute Gasteiger partial charge is 0.398 e. The van der Waals surface area contributed by atoms with Gasteiger partial charge in [0.05, 0.1) is 20.8 Å². The Morgan fingerprint density at radius 2 is 2.17 bits per heavy atom. The summed E-state index contributed by atoms with van der Waals surface area (Å²) in [6.07, 6.45) is 9.26.